The third-order valence-electron chi connectivity index (χ3n) is 6.03. The van der Waals surface area contributed by atoms with Crippen molar-refractivity contribution in [1.29, 1.82) is 0 Å². The standard InChI is InChI=1S/C20H27N5O2/c26-20(27)18(15-3-1-2-4-15)17(19-22-24-25-23-19)11-13-5-7-14(8-6-13)16-9-10-21-12-16/h5-9,15,17-18,21,24-25H,1-4,10-12H2,(H,22,23)(H,26,27)/p+1/t17-,18-/m0/s1. The molecule has 1 fully saturated rings. The summed E-state index contributed by atoms with van der Waals surface area (Å²) in [7, 11) is 0. The molecule has 2 atom stereocenters. The molecule has 0 aromatic heterocycles. The minimum absolute atomic E-state index is 0.157. The number of carbonyl (C=O) groups is 1. The molecule has 0 amide bonds. The fourth-order valence-corrected chi connectivity index (χ4v) is 4.64. The van der Waals surface area contributed by atoms with Gasteiger partial charge in [-0.25, -0.2) is 0 Å². The van der Waals surface area contributed by atoms with Crippen molar-refractivity contribution in [1.82, 2.24) is 16.3 Å². The Kier molecular flexibility index (Phi) is 5.52. The van der Waals surface area contributed by atoms with E-state index in [1.54, 1.807) is 5.53 Å². The quantitative estimate of drug-likeness (QED) is 0.453. The van der Waals surface area contributed by atoms with Gasteiger partial charge in [0.15, 0.2) is 5.84 Å². The number of hydrogen-bond donors (Lipinski definition) is 5. The van der Waals surface area contributed by atoms with E-state index >= 15 is 0 Å². The predicted octanol–water partition coefficient (Wildman–Crippen LogP) is 0.623. The second kappa shape index (κ2) is 8.21. The number of quaternary nitrogens is 1. The van der Waals surface area contributed by atoms with E-state index in [9.17, 15) is 9.90 Å². The van der Waals surface area contributed by atoms with Crippen LogP contribution in [0.3, 0.4) is 0 Å². The molecule has 0 bridgehead atoms. The Balaban J connectivity index is 1.56. The summed E-state index contributed by atoms with van der Waals surface area (Å²) in [5.41, 5.74) is 11.2. The van der Waals surface area contributed by atoms with E-state index in [-0.39, 0.29) is 11.8 Å². The molecule has 0 saturated heterocycles. The molecular weight excluding hydrogens is 342 g/mol. The van der Waals surface area contributed by atoms with Crippen molar-refractivity contribution in [2.75, 3.05) is 13.1 Å². The van der Waals surface area contributed by atoms with E-state index in [1.807, 2.05) is 0 Å². The third kappa shape index (κ3) is 4.05. The van der Waals surface area contributed by atoms with Crippen LogP contribution in [0.4, 0.5) is 0 Å². The molecule has 2 heterocycles. The molecule has 0 unspecified atom stereocenters. The lowest BCUT2D eigenvalue weighted by Gasteiger charge is -2.27. The van der Waals surface area contributed by atoms with Crippen LogP contribution in [0, 0.1) is 17.8 Å². The largest absolute Gasteiger partial charge is 0.481 e. The molecule has 4 rings (SSSR count). The van der Waals surface area contributed by atoms with Crippen LogP contribution in [0.2, 0.25) is 0 Å². The summed E-state index contributed by atoms with van der Waals surface area (Å²) in [4.78, 5) is 12.2. The maximum Gasteiger partial charge on any atom is 0.307 e. The molecule has 6 N–H and O–H groups in total. The van der Waals surface area contributed by atoms with Crippen LogP contribution < -0.4 is 21.8 Å². The number of carboxylic acids is 1. The second-order valence-corrected chi connectivity index (χ2v) is 7.69. The first-order valence-electron chi connectivity index (χ1n) is 9.85. The lowest BCUT2D eigenvalue weighted by Crippen LogP contribution is -2.87. The average Bonchev–Trinajstić information content (AvgIpc) is 3.43. The van der Waals surface area contributed by atoms with E-state index in [2.05, 4.69) is 51.7 Å². The number of amidine groups is 1. The molecule has 1 aromatic carbocycles. The Morgan fingerprint density at radius 2 is 2.04 bits per heavy atom. The first-order chi connectivity index (χ1) is 13.2. The summed E-state index contributed by atoms with van der Waals surface area (Å²) in [6, 6.07) is 8.54. The van der Waals surface area contributed by atoms with Gasteiger partial charge in [0.2, 0.25) is 0 Å². The molecule has 3 aliphatic rings. The predicted molar refractivity (Wildman–Crippen MR) is 103 cm³/mol. The number of hydrazine groups is 1. The highest BCUT2D eigenvalue weighted by atomic mass is 16.4. The van der Waals surface area contributed by atoms with Gasteiger partial charge in [-0.1, -0.05) is 48.7 Å². The third-order valence-corrected chi connectivity index (χ3v) is 6.03. The highest BCUT2D eigenvalue weighted by molar-refractivity contribution is 5.89. The maximum atomic E-state index is 12.2. The number of nitrogens with one attached hydrogen (secondary N) is 3. The van der Waals surface area contributed by atoms with E-state index in [0.29, 0.717) is 6.42 Å². The SMILES string of the molecule is O=C(O)[C@@H](C1CCCC1)[C@H](Cc1ccc(C2=CCNC2)cc1)C1=N[NH2+]NN1. The summed E-state index contributed by atoms with van der Waals surface area (Å²) in [5.74, 6) is -0.307. The van der Waals surface area contributed by atoms with Gasteiger partial charge in [0.05, 0.1) is 5.92 Å². The monoisotopic (exact) mass is 370 g/mol. The molecule has 2 aliphatic heterocycles. The molecule has 0 spiro atoms. The molecule has 1 aliphatic carbocycles. The van der Waals surface area contributed by atoms with Crippen molar-refractivity contribution >= 4 is 17.4 Å². The number of nitrogens with zero attached hydrogens (tertiary/aromatic N) is 1. The molecule has 1 aromatic rings. The molecule has 1 saturated carbocycles. The van der Waals surface area contributed by atoms with Gasteiger partial charge in [0, 0.05) is 19.0 Å². The lowest BCUT2D eigenvalue weighted by molar-refractivity contribution is -0.713. The molecular formula is C20H28N5O2+. The Bertz CT molecular complexity index is 737. The van der Waals surface area contributed by atoms with E-state index in [4.69, 9.17) is 0 Å². The Hall–Kier alpha value is -2.22. The highest BCUT2D eigenvalue weighted by Crippen LogP contribution is 2.37. The van der Waals surface area contributed by atoms with Gasteiger partial charge in [-0.05, 0) is 47.0 Å². The van der Waals surface area contributed by atoms with Gasteiger partial charge in [-0.3, -0.25) is 10.2 Å². The van der Waals surface area contributed by atoms with Crippen LogP contribution >= 0.6 is 0 Å². The van der Waals surface area contributed by atoms with Gasteiger partial charge >= 0.3 is 5.97 Å². The molecule has 7 heteroatoms. The molecule has 27 heavy (non-hydrogen) atoms. The zero-order valence-electron chi connectivity index (χ0n) is 15.4. The first-order valence-corrected chi connectivity index (χ1v) is 9.85. The van der Waals surface area contributed by atoms with Crippen molar-refractivity contribution in [2.45, 2.75) is 32.1 Å². The van der Waals surface area contributed by atoms with Crippen molar-refractivity contribution in [3.63, 3.8) is 0 Å². The number of aliphatic carboxylic acids is 1. The van der Waals surface area contributed by atoms with Crippen LogP contribution in [0.5, 0.6) is 0 Å². The number of rotatable bonds is 7. The number of benzene rings is 1. The van der Waals surface area contributed by atoms with Crippen LogP contribution in [0.15, 0.2) is 35.4 Å². The molecule has 7 nitrogen and oxygen atoms in total. The fraction of sp³-hybridized carbons (Fsp3) is 0.500. The Morgan fingerprint density at radius 1 is 1.26 bits per heavy atom. The number of carboxylic acid groups (broad SMARTS) is 1. The van der Waals surface area contributed by atoms with Crippen molar-refractivity contribution in [3.8, 4) is 0 Å². The minimum Gasteiger partial charge on any atom is -0.481 e. The van der Waals surface area contributed by atoms with Crippen molar-refractivity contribution < 1.29 is 15.4 Å². The lowest BCUT2D eigenvalue weighted by atomic mass is 9.77. The average molecular weight is 370 g/mol. The summed E-state index contributed by atoms with van der Waals surface area (Å²) in [6.45, 7) is 1.84. The van der Waals surface area contributed by atoms with Crippen LogP contribution in [0.25, 0.3) is 5.57 Å². The summed E-state index contributed by atoms with van der Waals surface area (Å²) >= 11 is 0. The van der Waals surface area contributed by atoms with Gasteiger partial charge in [-0.15, -0.1) is 5.53 Å². The summed E-state index contributed by atoms with van der Waals surface area (Å²) in [6.07, 6.45) is 7.14. The highest BCUT2D eigenvalue weighted by Gasteiger charge is 2.41. The zero-order chi connectivity index (χ0) is 18.6. The van der Waals surface area contributed by atoms with Gasteiger partial charge < -0.3 is 10.4 Å². The van der Waals surface area contributed by atoms with E-state index in [0.717, 1.165) is 50.2 Å². The number of nitrogens with two attached hydrogens (primary N) is 1. The van der Waals surface area contributed by atoms with Crippen molar-refractivity contribution in [3.05, 3.63) is 41.5 Å². The van der Waals surface area contributed by atoms with Crippen LogP contribution in [-0.4, -0.2) is 30.0 Å². The van der Waals surface area contributed by atoms with Gasteiger partial charge in [-0.2, -0.15) is 0 Å². The molecule has 0 radical (unpaired) electrons. The second-order valence-electron chi connectivity index (χ2n) is 7.69. The maximum absolute atomic E-state index is 12.2. The summed E-state index contributed by atoms with van der Waals surface area (Å²) in [5, 5.41) is 17.7. The topological polar surface area (TPSA) is 102 Å². The smallest absolute Gasteiger partial charge is 0.307 e. The Labute approximate surface area is 159 Å². The summed E-state index contributed by atoms with van der Waals surface area (Å²) < 4.78 is 0. The minimum atomic E-state index is -0.706. The van der Waals surface area contributed by atoms with Gasteiger partial charge in [0.1, 0.15) is 0 Å². The molecule has 144 valence electrons. The normalized spacial score (nSPS) is 22.2. The fourth-order valence-electron chi connectivity index (χ4n) is 4.64. The van der Waals surface area contributed by atoms with Crippen molar-refractivity contribution in [2.24, 2.45) is 22.9 Å². The zero-order valence-corrected chi connectivity index (χ0v) is 15.4. The number of hydrogen-bond acceptors (Lipinski definition) is 5. The van der Waals surface area contributed by atoms with E-state index < -0.39 is 11.9 Å². The van der Waals surface area contributed by atoms with Crippen LogP contribution in [-0.2, 0) is 11.2 Å². The van der Waals surface area contributed by atoms with Gasteiger partial charge in [0.25, 0.3) is 0 Å². The first kappa shape index (κ1) is 18.2. The van der Waals surface area contributed by atoms with E-state index in [1.165, 1.54) is 11.1 Å². The van der Waals surface area contributed by atoms with Crippen LogP contribution in [0.1, 0.15) is 36.8 Å². The Morgan fingerprint density at radius 3 is 2.63 bits per heavy atom.